The number of thiocarbonyl (C=S) groups is 1. The molecule has 2 aromatic rings. The molecule has 0 aliphatic carbocycles. The molecule has 1 heterocycles. The van der Waals surface area contributed by atoms with Crippen molar-refractivity contribution < 1.29 is 4.39 Å². The van der Waals surface area contributed by atoms with E-state index in [0.29, 0.717) is 28.9 Å². The Labute approximate surface area is 158 Å². The van der Waals surface area contributed by atoms with E-state index in [2.05, 4.69) is 15.1 Å². The van der Waals surface area contributed by atoms with E-state index < -0.39 is 0 Å². The van der Waals surface area contributed by atoms with Gasteiger partial charge in [0.25, 0.3) is 0 Å². The Kier molecular flexibility index (Phi) is 5.89. The monoisotopic (exact) mass is 377 g/mol. The minimum atomic E-state index is -0.160. The SMILES string of the molecule is Cc1ccc(NC(=S)N2CCCN(Cc3ccccc3F)C2)c(Cl)c1. The zero-order valence-electron chi connectivity index (χ0n) is 14.1. The molecule has 0 unspecified atom stereocenters. The Morgan fingerprint density at radius 1 is 1.24 bits per heavy atom. The van der Waals surface area contributed by atoms with Gasteiger partial charge in [0.15, 0.2) is 5.11 Å². The molecule has 3 nitrogen and oxygen atoms in total. The number of benzene rings is 2. The highest BCUT2D eigenvalue weighted by Crippen LogP contribution is 2.23. The summed E-state index contributed by atoms with van der Waals surface area (Å²) in [7, 11) is 0. The smallest absolute Gasteiger partial charge is 0.174 e. The van der Waals surface area contributed by atoms with Crippen molar-refractivity contribution in [2.45, 2.75) is 19.9 Å². The first kappa shape index (κ1) is 18.1. The average molecular weight is 378 g/mol. The van der Waals surface area contributed by atoms with Crippen LogP contribution in [0.3, 0.4) is 0 Å². The second-order valence-corrected chi connectivity index (χ2v) is 7.11. The van der Waals surface area contributed by atoms with Crippen LogP contribution in [0.2, 0.25) is 5.02 Å². The van der Waals surface area contributed by atoms with E-state index in [0.717, 1.165) is 30.8 Å². The van der Waals surface area contributed by atoms with Crippen molar-refractivity contribution in [3.8, 4) is 0 Å². The fraction of sp³-hybridized carbons (Fsp3) is 0.316. The van der Waals surface area contributed by atoms with Gasteiger partial charge in [0.2, 0.25) is 0 Å². The first-order valence-electron chi connectivity index (χ1n) is 8.31. The molecule has 0 aromatic heterocycles. The Morgan fingerprint density at radius 2 is 2.04 bits per heavy atom. The van der Waals surface area contributed by atoms with Crippen LogP contribution in [0.25, 0.3) is 0 Å². The zero-order valence-corrected chi connectivity index (χ0v) is 15.7. The Bertz CT molecular complexity index is 768. The van der Waals surface area contributed by atoms with E-state index in [-0.39, 0.29) is 5.82 Å². The third-order valence-corrected chi connectivity index (χ3v) is 4.95. The van der Waals surface area contributed by atoms with E-state index >= 15 is 0 Å². The quantitative estimate of drug-likeness (QED) is 0.784. The molecule has 1 saturated heterocycles. The number of hydrogen-bond donors (Lipinski definition) is 1. The lowest BCUT2D eigenvalue weighted by molar-refractivity contribution is 0.132. The van der Waals surface area contributed by atoms with Crippen LogP contribution >= 0.6 is 23.8 Å². The lowest BCUT2D eigenvalue weighted by atomic mass is 10.2. The van der Waals surface area contributed by atoms with Crippen LogP contribution in [0.5, 0.6) is 0 Å². The molecule has 25 heavy (non-hydrogen) atoms. The van der Waals surface area contributed by atoms with Gasteiger partial charge in [-0.15, -0.1) is 0 Å². The summed E-state index contributed by atoms with van der Waals surface area (Å²) in [6, 6.07) is 12.8. The Morgan fingerprint density at radius 3 is 2.80 bits per heavy atom. The lowest BCUT2D eigenvalue weighted by Gasteiger charge is -2.37. The van der Waals surface area contributed by atoms with Crippen molar-refractivity contribution in [2.75, 3.05) is 25.1 Å². The van der Waals surface area contributed by atoms with E-state index in [1.807, 2.05) is 37.3 Å². The van der Waals surface area contributed by atoms with Gasteiger partial charge in [0.05, 0.1) is 17.4 Å². The highest BCUT2D eigenvalue weighted by Gasteiger charge is 2.21. The Hall–Kier alpha value is -1.69. The minimum absolute atomic E-state index is 0.160. The van der Waals surface area contributed by atoms with Crippen molar-refractivity contribution in [1.82, 2.24) is 9.80 Å². The fourth-order valence-electron chi connectivity index (χ4n) is 2.95. The second-order valence-electron chi connectivity index (χ2n) is 6.32. The summed E-state index contributed by atoms with van der Waals surface area (Å²) in [6.07, 6.45) is 0.984. The standard InChI is InChI=1S/C19H21ClFN3S/c1-14-7-8-18(16(20)11-14)22-19(25)24-10-4-9-23(13-24)12-15-5-2-3-6-17(15)21/h2-3,5-8,11H,4,9-10,12-13H2,1H3,(H,22,25). The molecule has 1 aliphatic rings. The second kappa shape index (κ2) is 8.13. The van der Waals surface area contributed by atoms with Gasteiger partial charge in [-0.05, 0) is 49.3 Å². The predicted molar refractivity (Wildman–Crippen MR) is 105 cm³/mol. The van der Waals surface area contributed by atoms with Gasteiger partial charge in [0, 0.05) is 25.2 Å². The lowest BCUT2D eigenvalue weighted by Crippen LogP contribution is -2.48. The van der Waals surface area contributed by atoms with Gasteiger partial charge in [-0.25, -0.2) is 4.39 Å². The van der Waals surface area contributed by atoms with Crippen LogP contribution in [0.1, 0.15) is 17.5 Å². The van der Waals surface area contributed by atoms with Crippen molar-refractivity contribution in [3.05, 3.63) is 64.4 Å². The maximum absolute atomic E-state index is 13.9. The number of halogens is 2. The topological polar surface area (TPSA) is 18.5 Å². The molecule has 132 valence electrons. The molecule has 0 amide bonds. The maximum atomic E-state index is 13.9. The summed E-state index contributed by atoms with van der Waals surface area (Å²) < 4.78 is 13.9. The van der Waals surface area contributed by atoms with Crippen LogP contribution in [0.4, 0.5) is 10.1 Å². The van der Waals surface area contributed by atoms with Gasteiger partial charge < -0.3 is 10.2 Å². The molecule has 0 radical (unpaired) electrons. The molecule has 0 spiro atoms. The van der Waals surface area contributed by atoms with E-state index in [1.165, 1.54) is 6.07 Å². The summed E-state index contributed by atoms with van der Waals surface area (Å²) in [5.74, 6) is -0.160. The van der Waals surface area contributed by atoms with Crippen LogP contribution in [0.15, 0.2) is 42.5 Å². The van der Waals surface area contributed by atoms with Crippen LogP contribution in [0, 0.1) is 12.7 Å². The molecule has 2 aromatic carbocycles. The number of hydrogen-bond acceptors (Lipinski definition) is 2. The molecule has 0 atom stereocenters. The van der Waals surface area contributed by atoms with Crippen LogP contribution in [-0.4, -0.2) is 34.7 Å². The highest BCUT2D eigenvalue weighted by atomic mass is 35.5. The van der Waals surface area contributed by atoms with E-state index in [1.54, 1.807) is 6.07 Å². The minimum Gasteiger partial charge on any atom is -0.336 e. The van der Waals surface area contributed by atoms with Crippen molar-refractivity contribution in [2.24, 2.45) is 0 Å². The number of nitrogens with one attached hydrogen (secondary N) is 1. The molecule has 1 N–H and O–H groups in total. The number of aryl methyl sites for hydroxylation is 1. The molecule has 6 heteroatoms. The summed E-state index contributed by atoms with van der Waals surface area (Å²) in [5.41, 5.74) is 2.63. The van der Waals surface area contributed by atoms with Crippen molar-refractivity contribution >= 4 is 34.6 Å². The first-order chi connectivity index (χ1) is 12.0. The Balaban J connectivity index is 1.62. The van der Waals surface area contributed by atoms with Gasteiger partial charge in [0.1, 0.15) is 5.82 Å². The molecular weight excluding hydrogens is 357 g/mol. The third-order valence-electron chi connectivity index (χ3n) is 4.28. The van der Waals surface area contributed by atoms with Crippen molar-refractivity contribution in [1.29, 1.82) is 0 Å². The number of rotatable bonds is 3. The molecule has 1 aliphatic heterocycles. The summed E-state index contributed by atoms with van der Waals surface area (Å²) in [4.78, 5) is 4.29. The normalized spacial score (nSPS) is 15.2. The van der Waals surface area contributed by atoms with Crippen molar-refractivity contribution in [3.63, 3.8) is 0 Å². The fourth-order valence-corrected chi connectivity index (χ4v) is 3.49. The first-order valence-corrected chi connectivity index (χ1v) is 9.09. The van der Waals surface area contributed by atoms with Gasteiger partial charge in [-0.3, -0.25) is 4.90 Å². The molecular formula is C19H21ClFN3S. The van der Waals surface area contributed by atoms with Crippen LogP contribution < -0.4 is 5.32 Å². The summed E-state index contributed by atoms with van der Waals surface area (Å²) in [6.45, 7) is 5.06. The molecule has 1 fully saturated rings. The van der Waals surface area contributed by atoms with E-state index in [9.17, 15) is 4.39 Å². The van der Waals surface area contributed by atoms with Crippen LogP contribution in [-0.2, 0) is 6.54 Å². The number of anilines is 1. The molecule has 3 rings (SSSR count). The number of nitrogens with zero attached hydrogens (tertiary/aromatic N) is 2. The third kappa shape index (κ3) is 4.69. The summed E-state index contributed by atoms with van der Waals surface area (Å²) in [5, 5.41) is 4.53. The highest BCUT2D eigenvalue weighted by molar-refractivity contribution is 7.80. The van der Waals surface area contributed by atoms with Gasteiger partial charge in [-0.2, -0.15) is 0 Å². The van der Waals surface area contributed by atoms with E-state index in [4.69, 9.17) is 23.8 Å². The zero-order chi connectivity index (χ0) is 17.8. The van der Waals surface area contributed by atoms with Gasteiger partial charge >= 0.3 is 0 Å². The molecule has 0 saturated carbocycles. The average Bonchev–Trinajstić information content (AvgIpc) is 2.60. The van der Waals surface area contributed by atoms with Gasteiger partial charge in [-0.1, -0.05) is 35.9 Å². The molecule has 0 bridgehead atoms. The predicted octanol–water partition coefficient (Wildman–Crippen LogP) is 4.65. The largest absolute Gasteiger partial charge is 0.336 e. The summed E-state index contributed by atoms with van der Waals surface area (Å²) >= 11 is 11.8. The maximum Gasteiger partial charge on any atom is 0.174 e.